The number of benzene rings is 7. The molecule has 0 saturated heterocycles. The van der Waals surface area contributed by atoms with Crippen LogP contribution in [-0.4, -0.2) is 0 Å². The van der Waals surface area contributed by atoms with E-state index >= 15 is 0 Å². The van der Waals surface area contributed by atoms with Gasteiger partial charge < -0.3 is 0 Å². The molecule has 0 heterocycles. The average Bonchev–Trinajstić information content (AvgIpc) is 3.71. The highest BCUT2D eigenvalue weighted by atomic mass is 14.6. The third-order valence-electron chi connectivity index (χ3n) is 12.0. The Hall–Kier alpha value is -5.72. The van der Waals surface area contributed by atoms with Crippen LogP contribution >= 0.6 is 0 Å². The van der Waals surface area contributed by atoms with Gasteiger partial charge in [0.15, 0.2) is 0 Å². The zero-order valence-corrected chi connectivity index (χ0v) is 31.0. The lowest BCUT2D eigenvalue weighted by atomic mass is 9.54. The lowest BCUT2D eigenvalue weighted by molar-refractivity contribution is 0.405. The zero-order chi connectivity index (χ0) is 35.9. The van der Waals surface area contributed by atoms with Gasteiger partial charge in [-0.25, -0.2) is 0 Å². The summed E-state index contributed by atoms with van der Waals surface area (Å²) in [4.78, 5) is 0. The first-order valence-corrected chi connectivity index (χ1v) is 19.3. The van der Waals surface area contributed by atoms with Crippen LogP contribution in [0.4, 0.5) is 0 Å². The SMILES string of the molecule is CC1=Cc2c(C(C)C)cccc2C1C(c1ccccc1)(c1ccccc1)C1c2cc(Cc3ccccc3)ccc2-c2ccc(Cc3ccccc3)cc21. The van der Waals surface area contributed by atoms with Crippen molar-refractivity contribution in [2.45, 2.75) is 56.8 Å². The Morgan fingerprint density at radius 1 is 0.453 bits per heavy atom. The third kappa shape index (κ3) is 5.69. The van der Waals surface area contributed by atoms with Gasteiger partial charge in [0.05, 0.1) is 0 Å². The van der Waals surface area contributed by atoms with E-state index < -0.39 is 5.41 Å². The third-order valence-corrected chi connectivity index (χ3v) is 12.0. The maximum atomic E-state index is 2.56. The van der Waals surface area contributed by atoms with E-state index in [2.05, 4.69) is 203 Å². The van der Waals surface area contributed by atoms with Crippen molar-refractivity contribution in [3.8, 4) is 11.1 Å². The molecule has 1 unspecified atom stereocenters. The second kappa shape index (κ2) is 13.7. The molecule has 0 heteroatoms. The summed E-state index contributed by atoms with van der Waals surface area (Å²) in [5.41, 5.74) is 19.0. The second-order valence-corrected chi connectivity index (χ2v) is 15.5. The topological polar surface area (TPSA) is 0 Å². The molecule has 0 N–H and O–H groups in total. The highest BCUT2D eigenvalue weighted by Crippen LogP contribution is 2.64. The molecule has 53 heavy (non-hydrogen) atoms. The number of allylic oxidation sites excluding steroid dienone is 1. The van der Waals surface area contributed by atoms with Crippen LogP contribution in [0.3, 0.4) is 0 Å². The van der Waals surface area contributed by atoms with Gasteiger partial charge in [-0.3, -0.25) is 0 Å². The van der Waals surface area contributed by atoms with Crippen molar-refractivity contribution in [1.29, 1.82) is 0 Å². The van der Waals surface area contributed by atoms with Gasteiger partial charge in [0.2, 0.25) is 0 Å². The molecule has 0 bridgehead atoms. The normalized spacial score (nSPS) is 14.9. The van der Waals surface area contributed by atoms with Crippen LogP contribution in [0.15, 0.2) is 181 Å². The van der Waals surface area contributed by atoms with Crippen molar-refractivity contribution in [2.75, 3.05) is 0 Å². The van der Waals surface area contributed by atoms with Crippen molar-refractivity contribution in [1.82, 2.24) is 0 Å². The molecule has 0 fully saturated rings. The van der Waals surface area contributed by atoms with Crippen LogP contribution in [0.5, 0.6) is 0 Å². The summed E-state index contributed by atoms with van der Waals surface area (Å²) < 4.78 is 0. The molecule has 7 aromatic carbocycles. The van der Waals surface area contributed by atoms with E-state index in [4.69, 9.17) is 0 Å². The highest BCUT2D eigenvalue weighted by Gasteiger charge is 2.55. The van der Waals surface area contributed by atoms with Crippen molar-refractivity contribution in [2.24, 2.45) is 0 Å². The lowest BCUT2D eigenvalue weighted by Crippen LogP contribution is -2.41. The fourth-order valence-corrected chi connectivity index (χ4v) is 9.85. The summed E-state index contributed by atoms with van der Waals surface area (Å²) in [6.45, 7) is 7.06. The van der Waals surface area contributed by atoms with E-state index in [0.717, 1.165) is 12.8 Å². The molecule has 1 atom stereocenters. The Morgan fingerprint density at radius 3 is 1.40 bits per heavy atom. The van der Waals surface area contributed by atoms with Gasteiger partial charge in [0, 0.05) is 17.3 Å². The predicted molar refractivity (Wildman–Crippen MR) is 223 cm³/mol. The predicted octanol–water partition coefficient (Wildman–Crippen LogP) is 13.3. The summed E-state index contributed by atoms with van der Waals surface area (Å²) in [5, 5.41) is 0. The van der Waals surface area contributed by atoms with Gasteiger partial charge in [-0.2, -0.15) is 0 Å². The quantitative estimate of drug-likeness (QED) is 0.142. The first-order valence-electron chi connectivity index (χ1n) is 19.3. The van der Waals surface area contributed by atoms with Gasteiger partial charge in [0.1, 0.15) is 0 Å². The van der Waals surface area contributed by atoms with Crippen LogP contribution in [0.1, 0.15) is 99.7 Å². The van der Waals surface area contributed by atoms with Crippen molar-refractivity contribution < 1.29 is 0 Å². The van der Waals surface area contributed by atoms with E-state index in [9.17, 15) is 0 Å². The molecule has 258 valence electrons. The minimum atomic E-state index is -0.444. The summed E-state index contributed by atoms with van der Waals surface area (Å²) in [6.07, 6.45) is 4.33. The number of fused-ring (bicyclic) bond motifs is 4. The van der Waals surface area contributed by atoms with Crippen molar-refractivity contribution in [3.05, 3.63) is 243 Å². The van der Waals surface area contributed by atoms with Gasteiger partial charge in [-0.1, -0.05) is 201 Å². The smallest absolute Gasteiger partial charge is 0.0418 e. The van der Waals surface area contributed by atoms with Gasteiger partial charge >= 0.3 is 0 Å². The summed E-state index contributed by atoms with van der Waals surface area (Å²) in [7, 11) is 0. The van der Waals surface area contributed by atoms with Gasteiger partial charge in [-0.15, -0.1) is 0 Å². The molecule has 0 saturated carbocycles. The molecule has 0 amide bonds. The first kappa shape index (κ1) is 33.1. The summed E-state index contributed by atoms with van der Waals surface area (Å²) in [6, 6.07) is 66.6. The van der Waals surface area contributed by atoms with Gasteiger partial charge in [0.25, 0.3) is 0 Å². The van der Waals surface area contributed by atoms with Gasteiger partial charge in [-0.05, 0) is 98.0 Å². The Labute approximate surface area is 315 Å². The molecule has 7 aromatic rings. The first-order chi connectivity index (χ1) is 26.0. The number of rotatable bonds is 9. The molecule has 2 aliphatic carbocycles. The molecule has 0 aliphatic heterocycles. The minimum absolute atomic E-state index is 0.0609. The van der Waals surface area contributed by atoms with E-state index in [1.54, 1.807) is 0 Å². The molecular formula is C53H46. The lowest BCUT2D eigenvalue weighted by Gasteiger charge is -2.47. The van der Waals surface area contributed by atoms with Crippen molar-refractivity contribution >= 4 is 6.08 Å². The molecular weight excluding hydrogens is 637 g/mol. The molecule has 0 spiro atoms. The highest BCUT2D eigenvalue weighted by molar-refractivity contribution is 5.83. The molecule has 9 rings (SSSR count). The molecule has 0 radical (unpaired) electrons. The van der Waals surface area contributed by atoms with Crippen LogP contribution < -0.4 is 0 Å². The Kier molecular flexibility index (Phi) is 8.55. The van der Waals surface area contributed by atoms with Crippen LogP contribution in [-0.2, 0) is 18.3 Å². The fourth-order valence-electron chi connectivity index (χ4n) is 9.85. The Balaban J connectivity index is 1.36. The fraction of sp³-hybridized carbons (Fsp3) is 0.170. The monoisotopic (exact) mass is 682 g/mol. The largest absolute Gasteiger partial charge is 0.0639 e. The molecule has 0 aromatic heterocycles. The minimum Gasteiger partial charge on any atom is -0.0639 e. The molecule has 0 nitrogen and oxygen atoms in total. The van der Waals surface area contributed by atoms with Crippen LogP contribution in [0.25, 0.3) is 17.2 Å². The van der Waals surface area contributed by atoms with Crippen LogP contribution in [0.2, 0.25) is 0 Å². The maximum Gasteiger partial charge on any atom is 0.0418 e. The number of hydrogen-bond donors (Lipinski definition) is 0. The van der Waals surface area contributed by atoms with Crippen LogP contribution in [0, 0.1) is 0 Å². The van der Waals surface area contributed by atoms with Crippen molar-refractivity contribution in [3.63, 3.8) is 0 Å². The Bertz CT molecular complexity index is 2290. The number of hydrogen-bond acceptors (Lipinski definition) is 0. The van der Waals surface area contributed by atoms with E-state index in [1.807, 2.05) is 0 Å². The van der Waals surface area contributed by atoms with E-state index in [1.165, 1.54) is 77.9 Å². The average molecular weight is 683 g/mol. The second-order valence-electron chi connectivity index (χ2n) is 15.5. The zero-order valence-electron chi connectivity index (χ0n) is 31.0. The van der Waals surface area contributed by atoms with E-state index in [0.29, 0.717) is 5.92 Å². The summed E-state index contributed by atoms with van der Waals surface area (Å²) in [5.74, 6) is 0.621. The summed E-state index contributed by atoms with van der Waals surface area (Å²) >= 11 is 0. The Morgan fingerprint density at radius 2 is 0.925 bits per heavy atom. The van der Waals surface area contributed by atoms with E-state index in [-0.39, 0.29) is 11.8 Å². The molecule has 2 aliphatic rings. The maximum absolute atomic E-state index is 2.56. The standard InChI is InChI=1S/C53H46/c1-36(2)44-25-16-26-47-48(44)31-37(3)51(47)53(42-21-12-6-13-22-42,43-23-14-7-15-24-43)52-49-34-40(32-38-17-8-4-9-18-38)27-29-45(49)46-30-28-41(35-50(46)52)33-39-19-10-5-11-20-39/h4-31,34-36,51-52H,32-33H2,1-3H3.